The minimum atomic E-state index is -5.15. The number of benzene rings is 2. The van der Waals surface area contributed by atoms with Gasteiger partial charge in [-0.05, 0) is 42.3 Å². The number of sulfonamides is 1. The zero-order valence-electron chi connectivity index (χ0n) is 29.7. The number of nitrogens with one attached hydrogen (secondary N) is 2. The number of amides is 1. The number of hydrogen-bond acceptors (Lipinski definition) is 8. The lowest BCUT2D eigenvalue weighted by molar-refractivity contribution is -0.142. The summed E-state index contributed by atoms with van der Waals surface area (Å²) < 4.78 is 131. The summed E-state index contributed by atoms with van der Waals surface area (Å²) in [5.41, 5.74) is -2.53. The quantitative estimate of drug-likeness (QED) is 0.117. The fraction of sp³-hybridized carbons (Fsp3) is 0.243. The fourth-order valence-corrected chi connectivity index (χ4v) is 8.04. The van der Waals surface area contributed by atoms with Gasteiger partial charge >= 0.3 is 12.1 Å². The molecule has 3 atom stereocenters. The Kier molecular flexibility index (Phi) is 9.23. The van der Waals surface area contributed by atoms with Gasteiger partial charge in [0, 0.05) is 42.2 Å². The molecule has 4 heterocycles. The van der Waals surface area contributed by atoms with Crippen LogP contribution in [0, 0.1) is 29.4 Å². The van der Waals surface area contributed by atoms with Crippen molar-refractivity contribution in [3.63, 3.8) is 0 Å². The molecule has 12 nitrogen and oxygen atoms in total. The maximum Gasteiger partial charge on any atom is 0.435 e. The zero-order chi connectivity index (χ0) is 41.5. The summed E-state index contributed by atoms with van der Waals surface area (Å²) >= 11 is 6.58. The number of hydrogen-bond donors (Lipinski definition) is 2. The van der Waals surface area contributed by atoms with E-state index in [0.29, 0.717) is 16.3 Å². The Hall–Kier alpha value is -6.07. The van der Waals surface area contributed by atoms with Crippen LogP contribution in [0.3, 0.4) is 0 Å². The van der Waals surface area contributed by atoms with Crippen molar-refractivity contribution in [3.05, 3.63) is 106 Å². The summed E-state index contributed by atoms with van der Waals surface area (Å²) in [5.74, 6) is -5.51. The van der Waals surface area contributed by atoms with Gasteiger partial charge in [-0.15, -0.1) is 0 Å². The molecule has 0 bridgehead atoms. The fourth-order valence-electron chi connectivity index (χ4n) is 7.30. The summed E-state index contributed by atoms with van der Waals surface area (Å²) in [6.45, 7) is -1.13. The first-order valence-electron chi connectivity index (χ1n) is 17.0. The van der Waals surface area contributed by atoms with Crippen molar-refractivity contribution < 1.29 is 43.9 Å². The molecule has 298 valence electrons. The topological polar surface area (TPSA) is 150 Å². The Morgan fingerprint density at radius 1 is 1.02 bits per heavy atom. The van der Waals surface area contributed by atoms with Crippen LogP contribution in [0.4, 0.5) is 36.6 Å². The highest BCUT2D eigenvalue weighted by molar-refractivity contribution is 7.92. The average molecular weight is 844 g/mol. The van der Waals surface area contributed by atoms with E-state index in [9.17, 15) is 35.2 Å². The highest BCUT2D eigenvalue weighted by Gasteiger charge is 2.62. The van der Waals surface area contributed by atoms with Crippen molar-refractivity contribution in [2.45, 2.75) is 37.0 Å². The Bertz CT molecular complexity index is 2840. The van der Waals surface area contributed by atoms with Crippen molar-refractivity contribution in [3.8, 4) is 34.5 Å². The number of aromatic nitrogens is 7. The van der Waals surface area contributed by atoms with Gasteiger partial charge < -0.3 is 5.32 Å². The number of carbonyl (C=O) groups is 1. The molecule has 2 aliphatic carbocycles. The number of carbonyl (C=O) groups excluding carboxylic acids is 1. The Balaban J connectivity index is 1.29. The van der Waals surface area contributed by atoms with Crippen LogP contribution in [-0.2, 0) is 46.9 Å². The molecule has 8 rings (SSSR count). The van der Waals surface area contributed by atoms with E-state index in [0.717, 1.165) is 18.4 Å². The molecule has 58 heavy (non-hydrogen) atoms. The molecule has 6 aromatic rings. The van der Waals surface area contributed by atoms with Gasteiger partial charge in [0.15, 0.2) is 17.3 Å². The van der Waals surface area contributed by atoms with Crippen LogP contribution in [0.1, 0.15) is 40.2 Å². The van der Waals surface area contributed by atoms with Gasteiger partial charge in [0.1, 0.15) is 35.5 Å². The van der Waals surface area contributed by atoms with Gasteiger partial charge in [0.2, 0.25) is 15.9 Å². The first kappa shape index (κ1) is 38.8. The van der Waals surface area contributed by atoms with E-state index < -0.39 is 87.5 Å². The third-order valence-electron chi connectivity index (χ3n) is 9.55. The molecule has 0 aliphatic heterocycles. The van der Waals surface area contributed by atoms with Crippen LogP contribution >= 0.6 is 11.6 Å². The second-order valence-corrected chi connectivity index (χ2v) is 15.8. The van der Waals surface area contributed by atoms with E-state index in [1.54, 1.807) is 18.2 Å². The second kappa shape index (κ2) is 13.8. The van der Waals surface area contributed by atoms with Crippen molar-refractivity contribution in [2.75, 3.05) is 11.0 Å². The first-order valence-corrected chi connectivity index (χ1v) is 19.3. The molecule has 0 saturated heterocycles. The first-order chi connectivity index (χ1) is 27.3. The van der Waals surface area contributed by atoms with Gasteiger partial charge in [-0.2, -0.15) is 32.1 Å². The molecule has 2 N–H and O–H groups in total. The lowest BCUT2D eigenvalue weighted by Gasteiger charge is -2.24. The molecular weight excluding hydrogens is 819 g/mol. The predicted octanol–water partition coefficient (Wildman–Crippen LogP) is 6.53. The third kappa shape index (κ3) is 6.87. The number of halogens is 8. The van der Waals surface area contributed by atoms with Gasteiger partial charge in [-0.3, -0.25) is 18.9 Å². The van der Waals surface area contributed by atoms with Crippen LogP contribution in [0.15, 0.2) is 60.9 Å². The largest absolute Gasteiger partial charge is 0.435 e. The highest BCUT2D eigenvalue weighted by atomic mass is 35.5. The lowest BCUT2D eigenvalue weighted by atomic mass is 9.84. The number of nitrogens with zero attached hydrogens (tertiary/aromatic N) is 7. The van der Waals surface area contributed by atoms with Gasteiger partial charge in [0.25, 0.3) is 0 Å². The highest BCUT2D eigenvalue weighted by Crippen LogP contribution is 2.58. The molecule has 1 unspecified atom stereocenters. The van der Waals surface area contributed by atoms with E-state index in [1.807, 2.05) is 0 Å². The van der Waals surface area contributed by atoms with Crippen molar-refractivity contribution >= 4 is 44.3 Å². The zero-order valence-corrected chi connectivity index (χ0v) is 31.3. The minimum Gasteiger partial charge on any atom is -0.346 e. The van der Waals surface area contributed by atoms with Crippen LogP contribution in [0.5, 0.6) is 0 Å². The summed E-state index contributed by atoms with van der Waals surface area (Å²) in [6, 6.07) is 8.85. The normalized spacial score (nSPS) is 17.2. The van der Waals surface area contributed by atoms with E-state index in [1.165, 1.54) is 36.3 Å². The molecule has 4 aromatic heterocycles. The standard InChI is InChI=1S/C37H25ClF7N9O3S/c1-53-31-21(5-8-24(38)29(31)35(51-53)52-58(2,56)57)20-6-9-25(34-46-10-3-11-47-34)49-30(20)26(14-17-12-18(39)15-19(40)13-17)48-27(55)16-54-33-28(32(50-54)37(43,44)45)22-4-7-23(22)36(33,41)42/h3,5-6,8-13,15,22-23,26H,14,16H2,1-2H3,(H,48,55)(H,51,52)/t22-,23+,26?/m0/s1. The van der Waals surface area contributed by atoms with E-state index >= 15 is 8.78 Å². The van der Waals surface area contributed by atoms with Crippen molar-refractivity contribution in [2.24, 2.45) is 13.0 Å². The lowest BCUT2D eigenvalue weighted by Crippen LogP contribution is -2.36. The van der Waals surface area contributed by atoms with Gasteiger partial charge in [-0.25, -0.2) is 32.2 Å². The van der Waals surface area contributed by atoms with E-state index in [-0.39, 0.29) is 50.1 Å². The van der Waals surface area contributed by atoms with Crippen LogP contribution in [0.2, 0.25) is 5.02 Å². The summed E-state index contributed by atoms with van der Waals surface area (Å²) in [4.78, 5) is 27.2. The molecule has 21 heteroatoms. The average Bonchev–Trinajstić information content (AvgIpc) is 3.69. The number of pyridine rings is 1. The number of fused-ring (bicyclic) bond motifs is 4. The van der Waals surface area contributed by atoms with Crippen LogP contribution < -0.4 is 10.0 Å². The van der Waals surface area contributed by atoms with Crippen molar-refractivity contribution in [1.29, 1.82) is 0 Å². The Morgan fingerprint density at radius 2 is 1.71 bits per heavy atom. The number of alkyl halides is 5. The van der Waals surface area contributed by atoms with Gasteiger partial charge in [-0.1, -0.05) is 35.6 Å². The predicted molar refractivity (Wildman–Crippen MR) is 195 cm³/mol. The smallest absolute Gasteiger partial charge is 0.346 e. The SMILES string of the molecule is Cn1nc(NS(C)(=O)=O)c2c(Cl)ccc(-c3ccc(-c4ncccn4)nc3C(Cc3cc(F)cc(F)c3)NC(=O)Cn3nc(C(F)(F)F)c4c3C(F)(F)[C@@H]3C#C[C@H]43)c21. The number of rotatable bonds is 10. The summed E-state index contributed by atoms with van der Waals surface area (Å²) in [7, 11) is -2.34. The second-order valence-electron chi connectivity index (χ2n) is 13.6. The third-order valence-corrected chi connectivity index (χ3v) is 10.4. The molecule has 0 spiro atoms. The van der Waals surface area contributed by atoms with Crippen LogP contribution in [-0.4, -0.2) is 55.1 Å². The molecule has 0 saturated carbocycles. The minimum absolute atomic E-state index is 0.00191. The molecule has 0 fully saturated rings. The molecular formula is C37H25ClF7N9O3S. The molecule has 2 aromatic carbocycles. The van der Waals surface area contributed by atoms with Crippen LogP contribution in [0.25, 0.3) is 33.5 Å². The number of aryl methyl sites for hydroxylation is 1. The Morgan fingerprint density at radius 3 is 2.34 bits per heavy atom. The summed E-state index contributed by atoms with van der Waals surface area (Å²) in [6.07, 6.45) is -1.76. The van der Waals surface area contributed by atoms with Gasteiger partial charge in [0.05, 0.1) is 39.8 Å². The van der Waals surface area contributed by atoms with E-state index in [2.05, 4.69) is 42.0 Å². The maximum absolute atomic E-state index is 15.6. The molecule has 0 radical (unpaired) electrons. The van der Waals surface area contributed by atoms with Crippen molar-refractivity contribution in [1.82, 2.24) is 39.8 Å². The summed E-state index contributed by atoms with van der Waals surface area (Å²) in [5, 5.41) is 10.6. The molecule has 2 aliphatic rings. The number of anilines is 1. The Labute approximate surface area is 328 Å². The van der Waals surface area contributed by atoms with E-state index in [4.69, 9.17) is 16.6 Å². The maximum atomic E-state index is 15.6. The monoisotopic (exact) mass is 843 g/mol. The molecule has 1 amide bonds.